The Hall–Kier alpha value is -1.26. The fourth-order valence-electron chi connectivity index (χ4n) is 2.84. The number of piperidine rings is 1. The fraction of sp³-hybridized carbons (Fsp3) is 0.467. The van der Waals surface area contributed by atoms with Gasteiger partial charge in [0, 0.05) is 23.6 Å². The van der Waals surface area contributed by atoms with Crippen molar-refractivity contribution in [2.75, 3.05) is 13.1 Å². The molecule has 3 heterocycles. The molecule has 1 aliphatic rings. The van der Waals surface area contributed by atoms with Crippen LogP contribution >= 0.6 is 11.6 Å². The minimum Gasteiger partial charge on any atom is -0.317 e. The van der Waals surface area contributed by atoms with Gasteiger partial charge in [0.05, 0.1) is 11.2 Å². The van der Waals surface area contributed by atoms with Gasteiger partial charge >= 0.3 is 0 Å². The van der Waals surface area contributed by atoms with E-state index in [0.717, 1.165) is 31.3 Å². The zero-order valence-corrected chi connectivity index (χ0v) is 12.1. The number of fused-ring (bicyclic) bond motifs is 1. The standard InChI is InChI=1S/C15H17ClFN3/c1-15(17,11-4-6-18-7-5-11)13-3-2-10-9-19-14(16)8-12(10)20-13/h2-3,8-9,11,18H,4-7H2,1H3. The van der Waals surface area contributed by atoms with Gasteiger partial charge in [-0.15, -0.1) is 0 Å². The molecule has 1 saturated heterocycles. The Morgan fingerprint density at radius 1 is 1.35 bits per heavy atom. The predicted molar refractivity (Wildman–Crippen MR) is 78.6 cm³/mol. The maximum atomic E-state index is 15.2. The average Bonchev–Trinajstić information content (AvgIpc) is 2.47. The van der Waals surface area contributed by atoms with Gasteiger partial charge in [0.15, 0.2) is 5.67 Å². The van der Waals surface area contributed by atoms with Gasteiger partial charge in [-0.3, -0.25) is 0 Å². The van der Waals surface area contributed by atoms with Crippen LogP contribution < -0.4 is 5.32 Å². The summed E-state index contributed by atoms with van der Waals surface area (Å²) in [5, 5.41) is 4.52. The summed E-state index contributed by atoms with van der Waals surface area (Å²) < 4.78 is 15.2. The first-order valence-electron chi connectivity index (χ1n) is 6.90. The van der Waals surface area contributed by atoms with Crippen LogP contribution in [0.25, 0.3) is 10.9 Å². The number of nitrogens with zero attached hydrogens (tertiary/aromatic N) is 2. The normalized spacial score (nSPS) is 19.9. The Labute approximate surface area is 122 Å². The minimum atomic E-state index is -1.41. The van der Waals surface area contributed by atoms with E-state index in [2.05, 4.69) is 15.3 Å². The monoisotopic (exact) mass is 293 g/mol. The molecule has 1 atom stereocenters. The molecule has 0 aromatic carbocycles. The van der Waals surface area contributed by atoms with E-state index in [1.54, 1.807) is 25.3 Å². The molecule has 2 aromatic heterocycles. The molecule has 106 valence electrons. The Kier molecular flexibility index (Phi) is 3.61. The number of pyridine rings is 2. The number of rotatable bonds is 2. The SMILES string of the molecule is CC(F)(c1ccc2cnc(Cl)cc2n1)C1CCNCC1. The molecule has 0 amide bonds. The Bertz CT molecular complexity index is 624. The second-order valence-corrected chi connectivity index (χ2v) is 5.88. The van der Waals surface area contributed by atoms with E-state index in [1.165, 1.54) is 0 Å². The van der Waals surface area contributed by atoms with Crippen LogP contribution in [0.2, 0.25) is 5.15 Å². The first-order chi connectivity index (χ1) is 9.57. The third-order valence-corrected chi connectivity index (χ3v) is 4.35. The molecule has 20 heavy (non-hydrogen) atoms. The van der Waals surface area contributed by atoms with Crippen molar-refractivity contribution in [3.63, 3.8) is 0 Å². The van der Waals surface area contributed by atoms with Crippen LogP contribution in [0.3, 0.4) is 0 Å². The van der Waals surface area contributed by atoms with E-state index in [-0.39, 0.29) is 5.92 Å². The van der Waals surface area contributed by atoms with Gasteiger partial charge in [-0.25, -0.2) is 14.4 Å². The van der Waals surface area contributed by atoms with E-state index in [0.29, 0.717) is 16.4 Å². The number of halogens is 2. The van der Waals surface area contributed by atoms with Crippen molar-refractivity contribution in [3.05, 3.63) is 35.2 Å². The smallest absolute Gasteiger partial charge is 0.152 e. The lowest BCUT2D eigenvalue weighted by Crippen LogP contribution is -2.37. The molecule has 0 aliphatic carbocycles. The van der Waals surface area contributed by atoms with Gasteiger partial charge in [-0.05, 0) is 45.0 Å². The van der Waals surface area contributed by atoms with Gasteiger partial charge in [0.1, 0.15) is 5.15 Å². The maximum absolute atomic E-state index is 15.2. The van der Waals surface area contributed by atoms with Crippen LogP contribution in [0, 0.1) is 5.92 Å². The van der Waals surface area contributed by atoms with Crippen molar-refractivity contribution in [1.82, 2.24) is 15.3 Å². The summed E-state index contributed by atoms with van der Waals surface area (Å²) in [5.41, 5.74) is -0.231. The third-order valence-electron chi connectivity index (χ3n) is 4.15. The molecule has 5 heteroatoms. The molecule has 0 radical (unpaired) electrons. The highest BCUT2D eigenvalue weighted by atomic mass is 35.5. The van der Waals surface area contributed by atoms with Crippen molar-refractivity contribution >= 4 is 22.5 Å². The van der Waals surface area contributed by atoms with Crippen LogP contribution in [-0.4, -0.2) is 23.1 Å². The van der Waals surface area contributed by atoms with Crippen molar-refractivity contribution < 1.29 is 4.39 Å². The van der Waals surface area contributed by atoms with Crippen LogP contribution in [0.15, 0.2) is 24.4 Å². The van der Waals surface area contributed by atoms with E-state index < -0.39 is 5.67 Å². The summed E-state index contributed by atoms with van der Waals surface area (Å²) in [5.74, 6) is 0.00556. The van der Waals surface area contributed by atoms with Crippen LogP contribution in [0.5, 0.6) is 0 Å². The van der Waals surface area contributed by atoms with Crippen LogP contribution in [0.4, 0.5) is 4.39 Å². The second kappa shape index (κ2) is 5.26. The van der Waals surface area contributed by atoms with Crippen molar-refractivity contribution in [2.45, 2.75) is 25.4 Å². The predicted octanol–water partition coefficient (Wildman–Crippen LogP) is 3.47. The average molecular weight is 294 g/mol. The largest absolute Gasteiger partial charge is 0.317 e. The Morgan fingerprint density at radius 2 is 2.10 bits per heavy atom. The molecule has 0 saturated carbocycles. The number of alkyl halides is 1. The first-order valence-corrected chi connectivity index (χ1v) is 7.27. The molecular formula is C15H17ClFN3. The zero-order chi connectivity index (χ0) is 14.2. The van der Waals surface area contributed by atoms with Crippen molar-refractivity contribution in [3.8, 4) is 0 Å². The molecule has 0 bridgehead atoms. The lowest BCUT2D eigenvalue weighted by Gasteiger charge is -2.33. The maximum Gasteiger partial charge on any atom is 0.152 e. The van der Waals surface area contributed by atoms with Gasteiger partial charge in [0.2, 0.25) is 0 Å². The summed E-state index contributed by atoms with van der Waals surface area (Å²) in [6.07, 6.45) is 3.34. The van der Waals surface area contributed by atoms with Crippen molar-refractivity contribution in [1.29, 1.82) is 0 Å². The molecular weight excluding hydrogens is 277 g/mol. The van der Waals surface area contributed by atoms with Gasteiger partial charge in [-0.1, -0.05) is 11.6 Å². The Morgan fingerprint density at radius 3 is 2.85 bits per heavy atom. The molecule has 1 fully saturated rings. The third kappa shape index (κ3) is 2.50. The highest BCUT2D eigenvalue weighted by Crippen LogP contribution is 2.38. The zero-order valence-electron chi connectivity index (χ0n) is 11.4. The molecule has 3 rings (SSSR count). The summed E-state index contributed by atoms with van der Waals surface area (Å²) in [6.45, 7) is 3.38. The fourth-order valence-corrected chi connectivity index (χ4v) is 2.99. The van der Waals surface area contributed by atoms with Gasteiger partial charge in [0.25, 0.3) is 0 Å². The number of hydrogen-bond donors (Lipinski definition) is 1. The van der Waals surface area contributed by atoms with E-state index >= 15 is 4.39 Å². The van der Waals surface area contributed by atoms with Gasteiger partial charge in [-0.2, -0.15) is 0 Å². The van der Waals surface area contributed by atoms with E-state index in [9.17, 15) is 0 Å². The summed E-state index contributed by atoms with van der Waals surface area (Å²) in [6, 6.07) is 5.30. The molecule has 2 aromatic rings. The van der Waals surface area contributed by atoms with E-state index in [4.69, 9.17) is 11.6 Å². The topological polar surface area (TPSA) is 37.8 Å². The Balaban J connectivity index is 1.99. The lowest BCUT2D eigenvalue weighted by molar-refractivity contribution is 0.0731. The number of aromatic nitrogens is 2. The van der Waals surface area contributed by atoms with Crippen molar-refractivity contribution in [2.24, 2.45) is 5.92 Å². The van der Waals surface area contributed by atoms with Crippen LogP contribution in [-0.2, 0) is 5.67 Å². The molecule has 1 N–H and O–H groups in total. The highest BCUT2D eigenvalue weighted by molar-refractivity contribution is 6.29. The number of nitrogens with one attached hydrogen (secondary N) is 1. The highest BCUT2D eigenvalue weighted by Gasteiger charge is 2.37. The molecule has 0 spiro atoms. The summed E-state index contributed by atoms with van der Waals surface area (Å²) in [4.78, 5) is 8.48. The minimum absolute atomic E-state index is 0.00556. The second-order valence-electron chi connectivity index (χ2n) is 5.50. The quantitative estimate of drug-likeness (QED) is 0.862. The molecule has 1 unspecified atom stereocenters. The molecule has 1 aliphatic heterocycles. The molecule has 3 nitrogen and oxygen atoms in total. The van der Waals surface area contributed by atoms with Gasteiger partial charge < -0.3 is 5.32 Å². The summed E-state index contributed by atoms with van der Waals surface area (Å²) >= 11 is 5.88. The van der Waals surface area contributed by atoms with E-state index in [1.807, 2.05) is 6.07 Å². The summed E-state index contributed by atoms with van der Waals surface area (Å²) in [7, 11) is 0. The lowest BCUT2D eigenvalue weighted by atomic mass is 9.81. The van der Waals surface area contributed by atoms with Crippen LogP contribution in [0.1, 0.15) is 25.5 Å². The first kappa shape index (κ1) is 13.7. The number of hydrogen-bond acceptors (Lipinski definition) is 3.